The van der Waals surface area contributed by atoms with E-state index in [1.807, 2.05) is 30.4 Å². The van der Waals surface area contributed by atoms with Gasteiger partial charge in [0.1, 0.15) is 6.10 Å². The van der Waals surface area contributed by atoms with Crippen LogP contribution in [-0.2, 0) is 9.09 Å². The summed E-state index contributed by atoms with van der Waals surface area (Å²) in [7, 11) is -0.282. The lowest BCUT2D eigenvalue weighted by molar-refractivity contribution is 0.283. The standard InChI is InChI=1S/C13H9O2P/c14-16-15-12-8-7-10-4-1-3-9-5-2-6-11(12)13(9)10/h1-8,12H. The van der Waals surface area contributed by atoms with Crippen LogP contribution in [0.5, 0.6) is 0 Å². The molecule has 0 aromatic heterocycles. The molecular weight excluding hydrogens is 219 g/mol. The van der Waals surface area contributed by atoms with Gasteiger partial charge in [-0.1, -0.05) is 42.5 Å². The van der Waals surface area contributed by atoms with E-state index in [0.717, 1.165) is 5.56 Å². The van der Waals surface area contributed by atoms with Crippen LogP contribution in [0.2, 0.25) is 0 Å². The molecule has 0 saturated carbocycles. The quantitative estimate of drug-likeness (QED) is 0.722. The molecule has 1 atom stereocenters. The van der Waals surface area contributed by atoms with Crippen LogP contribution in [0.4, 0.5) is 0 Å². The van der Waals surface area contributed by atoms with E-state index in [2.05, 4.69) is 18.2 Å². The van der Waals surface area contributed by atoms with Crippen LogP contribution < -0.4 is 0 Å². The van der Waals surface area contributed by atoms with Crippen molar-refractivity contribution < 1.29 is 9.09 Å². The summed E-state index contributed by atoms with van der Waals surface area (Å²) < 4.78 is 15.7. The van der Waals surface area contributed by atoms with Gasteiger partial charge in [-0.15, -0.1) is 0 Å². The van der Waals surface area contributed by atoms with Crippen LogP contribution in [-0.4, -0.2) is 0 Å². The minimum atomic E-state index is -0.282. The lowest BCUT2D eigenvalue weighted by Gasteiger charge is -2.18. The number of hydrogen-bond acceptors (Lipinski definition) is 2. The van der Waals surface area contributed by atoms with Gasteiger partial charge in [0.05, 0.1) is 0 Å². The van der Waals surface area contributed by atoms with Gasteiger partial charge < -0.3 is 0 Å². The topological polar surface area (TPSA) is 26.3 Å². The molecule has 2 nitrogen and oxygen atoms in total. The van der Waals surface area contributed by atoms with E-state index >= 15 is 0 Å². The van der Waals surface area contributed by atoms with Crippen molar-refractivity contribution in [3.8, 4) is 0 Å². The fourth-order valence-corrected chi connectivity index (χ4v) is 2.49. The zero-order valence-electron chi connectivity index (χ0n) is 8.46. The molecule has 0 N–H and O–H groups in total. The summed E-state index contributed by atoms with van der Waals surface area (Å²) in [6.07, 6.45) is 3.74. The number of hydrogen-bond donors (Lipinski definition) is 0. The molecule has 0 radical (unpaired) electrons. The van der Waals surface area contributed by atoms with Gasteiger partial charge in [-0.25, -0.2) is 4.57 Å². The summed E-state index contributed by atoms with van der Waals surface area (Å²) in [6.45, 7) is 0. The van der Waals surface area contributed by atoms with E-state index in [1.165, 1.54) is 16.3 Å². The normalized spacial score (nSPS) is 18.1. The van der Waals surface area contributed by atoms with Crippen molar-refractivity contribution in [1.82, 2.24) is 0 Å². The minimum absolute atomic E-state index is 0.210. The van der Waals surface area contributed by atoms with Gasteiger partial charge in [0, 0.05) is 0 Å². The smallest absolute Gasteiger partial charge is 0.282 e. The Morgan fingerprint density at radius 2 is 1.94 bits per heavy atom. The highest BCUT2D eigenvalue weighted by molar-refractivity contribution is 7.17. The van der Waals surface area contributed by atoms with Crippen LogP contribution in [0.3, 0.4) is 0 Å². The van der Waals surface area contributed by atoms with Crippen LogP contribution in [0.1, 0.15) is 17.2 Å². The van der Waals surface area contributed by atoms with Crippen molar-refractivity contribution >= 4 is 25.5 Å². The molecule has 1 aliphatic carbocycles. The minimum Gasteiger partial charge on any atom is -0.282 e. The molecule has 0 saturated heterocycles. The lowest BCUT2D eigenvalue weighted by atomic mass is 9.92. The van der Waals surface area contributed by atoms with Gasteiger partial charge in [-0.2, -0.15) is 0 Å². The summed E-state index contributed by atoms with van der Waals surface area (Å²) >= 11 is 0. The molecule has 0 aliphatic heterocycles. The molecule has 16 heavy (non-hydrogen) atoms. The Kier molecular flexibility index (Phi) is 2.32. The second-order valence-electron chi connectivity index (χ2n) is 3.75. The Balaban J connectivity index is 2.31. The SMILES string of the molecule is O=POC1C=Cc2cccc3cccc1c23. The number of rotatable bonds is 2. The summed E-state index contributed by atoms with van der Waals surface area (Å²) in [5, 5.41) is 2.39. The average Bonchev–Trinajstić information content (AvgIpc) is 2.33. The van der Waals surface area contributed by atoms with Crippen LogP contribution in [0.25, 0.3) is 16.8 Å². The van der Waals surface area contributed by atoms with Crippen LogP contribution >= 0.6 is 8.69 Å². The number of benzene rings is 2. The van der Waals surface area contributed by atoms with Crippen molar-refractivity contribution in [3.63, 3.8) is 0 Å². The Labute approximate surface area is 94.8 Å². The predicted octanol–water partition coefficient (Wildman–Crippen LogP) is 4.13. The van der Waals surface area contributed by atoms with Crippen LogP contribution in [0, 0.1) is 0 Å². The van der Waals surface area contributed by atoms with Crippen LogP contribution in [0.15, 0.2) is 42.5 Å². The first-order valence-electron chi connectivity index (χ1n) is 5.08. The maximum absolute atomic E-state index is 10.5. The average molecular weight is 228 g/mol. The largest absolute Gasteiger partial charge is 0.328 e. The fraction of sp³-hybridized carbons (Fsp3) is 0.0769. The zero-order valence-corrected chi connectivity index (χ0v) is 9.35. The van der Waals surface area contributed by atoms with Crippen molar-refractivity contribution in [3.05, 3.63) is 53.6 Å². The first-order chi connectivity index (χ1) is 7.90. The molecule has 3 heteroatoms. The predicted molar refractivity (Wildman–Crippen MR) is 64.4 cm³/mol. The first kappa shape index (κ1) is 9.71. The molecule has 1 aliphatic rings. The van der Waals surface area contributed by atoms with E-state index in [9.17, 15) is 4.57 Å². The summed E-state index contributed by atoms with van der Waals surface area (Å²) in [5.74, 6) is 0. The van der Waals surface area contributed by atoms with E-state index in [-0.39, 0.29) is 14.8 Å². The monoisotopic (exact) mass is 228 g/mol. The molecule has 78 valence electrons. The summed E-state index contributed by atoms with van der Waals surface area (Å²) in [6, 6.07) is 12.3. The van der Waals surface area contributed by atoms with E-state index in [1.54, 1.807) is 0 Å². The highest BCUT2D eigenvalue weighted by Crippen LogP contribution is 2.36. The van der Waals surface area contributed by atoms with Gasteiger partial charge >= 0.3 is 8.69 Å². The Morgan fingerprint density at radius 3 is 2.75 bits per heavy atom. The van der Waals surface area contributed by atoms with Gasteiger partial charge in [0.2, 0.25) is 0 Å². The van der Waals surface area contributed by atoms with Crippen molar-refractivity contribution in [1.29, 1.82) is 0 Å². The Bertz CT molecular complexity index is 584. The third-order valence-electron chi connectivity index (χ3n) is 2.88. The Hall–Kier alpha value is -1.50. The molecule has 0 heterocycles. The first-order valence-corrected chi connectivity index (χ1v) is 5.81. The van der Waals surface area contributed by atoms with E-state index in [0.29, 0.717) is 0 Å². The molecular formula is C13H9O2P. The molecule has 2 aromatic carbocycles. The summed E-state index contributed by atoms with van der Waals surface area (Å²) in [4.78, 5) is 0. The molecule has 0 fully saturated rings. The highest BCUT2D eigenvalue weighted by atomic mass is 31.1. The van der Waals surface area contributed by atoms with Crippen molar-refractivity contribution in [2.45, 2.75) is 6.10 Å². The zero-order chi connectivity index (χ0) is 11.0. The van der Waals surface area contributed by atoms with Gasteiger partial charge in [0.25, 0.3) is 0 Å². The maximum Gasteiger partial charge on any atom is 0.328 e. The third kappa shape index (κ3) is 1.39. The fourth-order valence-electron chi connectivity index (χ4n) is 2.21. The molecule has 1 unspecified atom stereocenters. The summed E-state index contributed by atoms with van der Waals surface area (Å²) in [5.41, 5.74) is 2.27. The molecule has 2 aromatic rings. The molecule has 0 bridgehead atoms. The molecule has 3 rings (SSSR count). The van der Waals surface area contributed by atoms with Gasteiger partial charge in [-0.3, -0.25) is 4.52 Å². The van der Waals surface area contributed by atoms with E-state index < -0.39 is 0 Å². The molecule has 0 amide bonds. The van der Waals surface area contributed by atoms with Crippen molar-refractivity contribution in [2.24, 2.45) is 0 Å². The second-order valence-corrected chi connectivity index (χ2v) is 4.11. The van der Waals surface area contributed by atoms with E-state index in [4.69, 9.17) is 4.52 Å². The second kappa shape index (κ2) is 3.82. The van der Waals surface area contributed by atoms with Crippen molar-refractivity contribution in [2.75, 3.05) is 0 Å². The third-order valence-corrected chi connectivity index (χ3v) is 3.20. The molecule has 0 spiro atoms. The maximum atomic E-state index is 10.5. The van der Waals surface area contributed by atoms with Gasteiger partial charge in [0.15, 0.2) is 0 Å². The Morgan fingerprint density at radius 1 is 1.12 bits per heavy atom. The van der Waals surface area contributed by atoms with Gasteiger partial charge in [-0.05, 0) is 28.0 Å². The lowest BCUT2D eigenvalue weighted by Crippen LogP contribution is -2.00. The highest BCUT2D eigenvalue weighted by Gasteiger charge is 2.17.